The minimum absolute atomic E-state index is 0.0223. The smallest absolute Gasteiger partial charge is 0.236 e. The summed E-state index contributed by atoms with van der Waals surface area (Å²) in [5.41, 5.74) is 1.06. The summed E-state index contributed by atoms with van der Waals surface area (Å²) < 4.78 is 4.86. The van der Waals surface area contributed by atoms with Crippen LogP contribution in [-0.4, -0.2) is 37.2 Å². The molecule has 1 aromatic rings. The van der Waals surface area contributed by atoms with E-state index in [1.807, 2.05) is 19.1 Å². The van der Waals surface area contributed by atoms with Crippen LogP contribution in [0, 0.1) is 0 Å². The molecular formula is C12H19N3O2. The highest BCUT2D eigenvalue weighted by Gasteiger charge is 2.10. The zero-order valence-corrected chi connectivity index (χ0v) is 10.3. The first kappa shape index (κ1) is 13.6. The van der Waals surface area contributed by atoms with E-state index in [2.05, 4.69) is 15.6 Å². The molecule has 0 fully saturated rings. The van der Waals surface area contributed by atoms with Crippen LogP contribution >= 0.6 is 0 Å². The molecule has 0 radical (unpaired) electrons. The minimum Gasteiger partial charge on any atom is -0.383 e. The molecule has 5 nitrogen and oxygen atoms in total. The Bertz CT molecular complexity index is 330. The van der Waals surface area contributed by atoms with Crippen molar-refractivity contribution in [2.24, 2.45) is 0 Å². The van der Waals surface area contributed by atoms with Crippen LogP contribution in [0.4, 0.5) is 0 Å². The van der Waals surface area contributed by atoms with Gasteiger partial charge in [-0.1, -0.05) is 6.07 Å². The third kappa shape index (κ3) is 5.42. The zero-order chi connectivity index (χ0) is 12.5. The molecule has 94 valence electrons. The van der Waals surface area contributed by atoms with E-state index in [4.69, 9.17) is 4.74 Å². The van der Waals surface area contributed by atoms with E-state index in [0.29, 0.717) is 19.7 Å². The van der Waals surface area contributed by atoms with Crippen molar-refractivity contribution in [2.45, 2.75) is 19.5 Å². The Kier molecular flexibility index (Phi) is 6.21. The Balaban J connectivity index is 2.24. The van der Waals surface area contributed by atoms with Crippen molar-refractivity contribution in [3.8, 4) is 0 Å². The first-order valence-electron chi connectivity index (χ1n) is 5.63. The van der Waals surface area contributed by atoms with Crippen LogP contribution in [0.15, 0.2) is 24.5 Å². The molecule has 0 aromatic carbocycles. The molecule has 1 unspecified atom stereocenters. The molecule has 0 saturated carbocycles. The van der Waals surface area contributed by atoms with E-state index < -0.39 is 0 Å². The summed E-state index contributed by atoms with van der Waals surface area (Å²) in [6, 6.07) is 3.61. The standard InChI is InChI=1S/C12H19N3O2/c1-10(12(16)14-6-7-17-2)15-9-11-4-3-5-13-8-11/h3-5,8,10,15H,6-7,9H2,1-2H3,(H,14,16). The van der Waals surface area contributed by atoms with Crippen LogP contribution < -0.4 is 10.6 Å². The molecule has 1 amide bonds. The number of aromatic nitrogens is 1. The Labute approximate surface area is 102 Å². The summed E-state index contributed by atoms with van der Waals surface area (Å²) in [5, 5.41) is 5.91. The molecular weight excluding hydrogens is 218 g/mol. The van der Waals surface area contributed by atoms with E-state index in [1.165, 1.54) is 0 Å². The maximum Gasteiger partial charge on any atom is 0.236 e. The zero-order valence-electron chi connectivity index (χ0n) is 10.3. The molecule has 0 saturated heterocycles. The third-order valence-corrected chi connectivity index (χ3v) is 2.33. The van der Waals surface area contributed by atoms with Gasteiger partial charge in [0.25, 0.3) is 0 Å². The highest BCUT2D eigenvalue weighted by molar-refractivity contribution is 5.81. The number of hydrogen-bond acceptors (Lipinski definition) is 4. The highest BCUT2D eigenvalue weighted by Crippen LogP contribution is 1.95. The molecule has 5 heteroatoms. The molecule has 0 aliphatic rings. The summed E-state index contributed by atoms with van der Waals surface area (Å²) in [5.74, 6) is -0.0223. The Morgan fingerprint density at radius 3 is 3.06 bits per heavy atom. The van der Waals surface area contributed by atoms with E-state index in [1.54, 1.807) is 19.5 Å². The molecule has 0 bridgehead atoms. The number of nitrogens with one attached hydrogen (secondary N) is 2. The number of amides is 1. The summed E-state index contributed by atoms with van der Waals surface area (Å²) in [6.45, 7) is 3.53. The summed E-state index contributed by atoms with van der Waals surface area (Å²) in [7, 11) is 1.61. The van der Waals surface area contributed by atoms with E-state index in [0.717, 1.165) is 5.56 Å². The molecule has 0 aliphatic carbocycles. The molecule has 0 spiro atoms. The third-order valence-electron chi connectivity index (χ3n) is 2.33. The summed E-state index contributed by atoms with van der Waals surface area (Å²) >= 11 is 0. The summed E-state index contributed by atoms with van der Waals surface area (Å²) in [4.78, 5) is 15.6. The molecule has 0 aliphatic heterocycles. The van der Waals surface area contributed by atoms with Gasteiger partial charge in [0.15, 0.2) is 0 Å². The lowest BCUT2D eigenvalue weighted by Crippen LogP contribution is -2.42. The second-order valence-corrected chi connectivity index (χ2v) is 3.75. The van der Waals surface area contributed by atoms with Gasteiger partial charge in [0.2, 0.25) is 5.91 Å². The second-order valence-electron chi connectivity index (χ2n) is 3.75. The Morgan fingerprint density at radius 2 is 2.41 bits per heavy atom. The van der Waals surface area contributed by atoms with Gasteiger partial charge in [-0.25, -0.2) is 0 Å². The minimum atomic E-state index is -0.230. The molecule has 1 aromatic heterocycles. The monoisotopic (exact) mass is 237 g/mol. The van der Waals surface area contributed by atoms with E-state index in [-0.39, 0.29) is 11.9 Å². The largest absolute Gasteiger partial charge is 0.383 e. The van der Waals surface area contributed by atoms with Crippen LogP contribution in [0.1, 0.15) is 12.5 Å². The Hall–Kier alpha value is -1.46. The average molecular weight is 237 g/mol. The van der Waals surface area contributed by atoms with Gasteiger partial charge in [-0.3, -0.25) is 9.78 Å². The van der Waals surface area contributed by atoms with Crippen LogP contribution in [-0.2, 0) is 16.1 Å². The molecule has 1 atom stereocenters. The average Bonchev–Trinajstić information content (AvgIpc) is 2.37. The normalized spacial score (nSPS) is 12.1. The first-order chi connectivity index (χ1) is 8.24. The Morgan fingerprint density at radius 1 is 1.59 bits per heavy atom. The number of ether oxygens (including phenoxy) is 1. The van der Waals surface area contributed by atoms with Crippen LogP contribution in [0.5, 0.6) is 0 Å². The number of carbonyl (C=O) groups is 1. The lowest BCUT2D eigenvalue weighted by Gasteiger charge is -2.13. The topological polar surface area (TPSA) is 63.2 Å². The van der Waals surface area contributed by atoms with Crippen molar-refractivity contribution in [1.29, 1.82) is 0 Å². The van der Waals surface area contributed by atoms with Gasteiger partial charge in [-0.15, -0.1) is 0 Å². The highest BCUT2D eigenvalue weighted by atomic mass is 16.5. The fourth-order valence-electron chi connectivity index (χ4n) is 1.30. The number of methoxy groups -OCH3 is 1. The number of nitrogens with zero attached hydrogens (tertiary/aromatic N) is 1. The van der Waals surface area contributed by atoms with Crippen molar-refractivity contribution < 1.29 is 9.53 Å². The number of rotatable bonds is 7. The quantitative estimate of drug-likeness (QED) is 0.671. The van der Waals surface area contributed by atoms with Crippen molar-refractivity contribution in [3.63, 3.8) is 0 Å². The maximum absolute atomic E-state index is 11.6. The fourth-order valence-corrected chi connectivity index (χ4v) is 1.30. The predicted molar refractivity (Wildman–Crippen MR) is 65.4 cm³/mol. The molecule has 2 N–H and O–H groups in total. The van der Waals surface area contributed by atoms with Gasteiger partial charge in [-0.2, -0.15) is 0 Å². The van der Waals surface area contributed by atoms with Crippen molar-refractivity contribution in [1.82, 2.24) is 15.6 Å². The van der Waals surface area contributed by atoms with Crippen molar-refractivity contribution in [2.75, 3.05) is 20.3 Å². The van der Waals surface area contributed by atoms with Gasteiger partial charge in [0.1, 0.15) is 0 Å². The second kappa shape index (κ2) is 7.76. The number of hydrogen-bond donors (Lipinski definition) is 2. The number of carbonyl (C=O) groups excluding carboxylic acids is 1. The van der Waals surface area contributed by atoms with Gasteiger partial charge in [-0.05, 0) is 18.6 Å². The van der Waals surface area contributed by atoms with Gasteiger partial charge < -0.3 is 15.4 Å². The van der Waals surface area contributed by atoms with E-state index >= 15 is 0 Å². The lowest BCUT2D eigenvalue weighted by molar-refractivity contribution is -0.122. The van der Waals surface area contributed by atoms with Gasteiger partial charge >= 0.3 is 0 Å². The first-order valence-corrected chi connectivity index (χ1v) is 5.63. The summed E-state index contributed by atoms with van der Waals surface area (Å²) in [6.07, 6.45) is 3.51. The van der Waals surface area contributed by atoms with E-state index in [9.17, 15) is 4.79 Å². The van der Waals surface area contributed by atoms with Gasteiger partial charge in [0.05, 0.1) is 12.6 Å². The SMILES string of the molecule is COCCNC(=O)C(C)NCc1cccnc1. The van der Waals surface area contributed by atoms with Crippen LogP contribution in [0.3, 0.4) is 0 Å². The van der Waals surface area contributed by atoms with Crippen molar-refractivity contribution in [3.05, 3.63) is 30.1 Å². The predicted octanol–water partition coefficient (Wildman–Crippen LogP) is 0.322. The fraction of sp³-hybridized carbons (Fsp3) is 0.500. The molecule has 17 heavy (non-hydrogen) atoms. The molecule has 1 heterocycles. The lowest BCUT2D eigenvalue weighted by atomic mass is 10.2. The molecule has 1 rings (SSSR count). The maximum atomic E-state index is 11.6. The van der Waals surface area contributed by atoms with Crippen LogP contribution in [0.25, 0.3) is 0 Å². The van der Waals surface area contributed by atoms with Gasteiger partial charge in [0, 0.05) is 32.6 Å². The van der Waals surface area contributed by atoms with Crippen LogP contribution in [0.2, 0.25) is 0 Å². The van der Waals surface area contributed by atoms with Crippen molar-refractivity contribution >= 4 is 5.91 Å². The number of pyridine rings is 1.